The number of likely N-dealkylation sites (tertiary alicyclic amines) is 2. The summed E-state index contributed by atoms with van der Waals surface area (Å²) in [7, 11) is 0. The molecule has 1 atom stereocenters. The second-order valence-corrected chi connectivity index (χ2v) is 8.91. The van der Waals surface area contributed by atoms with E-state index in [0.29, 0.717) is 0 Å². The van der Waals surface area contributed by atoms with E-state index in [1.165, 1.54) is 0 Å². The van der Waals surface area contributed by atoms with Crippen molar-refractivity contribution in [3.8, 4) is 0 Å². The Morgan fingerprint density at radius 3 is 2.64 bits per heavy atom. The Labute approximate surface area is 167 Å². The maximum atomic E-state index is 12.7. The van der Waals surface area contributed by atoms with Crippen LogP contribution in [-0.4, -0.2) is 77.3 Å². The number of aliphatic hydroxyl groups is 1. The average Bonchev–Trinajstić information content (AvgIpc) is 2.98. The van der Waals surface area contributed by atoms with Gasteiger partial charge in [-0.1, -0.05) is 6.07 Å². The first-order valence-electron chi connectivity index (χ1n) is 10.8. The van der Waals surface area contributed by atoms with Crippen molar-refractivity contribution in [2.75, 3.05) is 39.3 Å². The van der Waals surface area contributed by atoms with Crippen LogP contribution in [0.4, 0.5) is 0 Å². The predicted molar refractivity (Wildman–Crippen MR) is 107 cm³/mol. The number of piperidine rings is 2. The first-order chi connectivity index (χ1) is 13.5. The van der Waals surface area contributed by atoms with Gasteiger partial charge in [0.2, 0.25) is 0 Å². The number of hydrogen-bond acceptors (Lipinski definition) is 6. The molecule has 4 rings (SSSR count). The van der Waals surface area contributed by atoms with Gasteiger partial charge in [-0.3, -0.25) is 14.7 Å². The van der Waals surface area contributed by atoms with Crippen molar-refractivity contribution in [1.29, 1.82) is 0 Å². The van der Waals surface area contributed by atoms with Crippen molar-refractivity contribution in [2.24, 2.45) is 5.41 Å². The van der Waals surface area contributed by atoms with Crippen LogP contribution in [0.5, 0.6) is 0 Å². The normalized spacial score (nSPS) is 26.6. The van der Waals surface area contributed by atoms with Crippen molar-refractivity contribution < 1.29 is 14.6 Å². The lowest BCUT2D eigenvalue weighted by Gasteiger charge is -2.36. The lowest BCUT2D eigenvalue weighted by molar-refractivity contribution is -0.151. The lowest BCUT2D eigenvalue weighted by Crippen LogP contribution is -2.43. The van der Waals surface area contributed by atoms with Crippen LogP contribution >= 0.6 is 0 Å². The van der Waals surface area contributed by atoms with E-state index >= 15 is 0 Å². The van der Waals surface area contributed by atoms with Crippen LogP contribution in [0.15, 0.2) is 18.2 Å². The number of carbonyl (C=O) groups is 1. The number of rotatable bonds is 5. The van der Waals surface area contributed by atoms with Crippen molar-refractivity contribution in [3.63, 3.8) is 0 Å². The zero-order valence-electron chi connectivity index (χ0n) is 17.0. The largest absolute Gasteiger partial charge is 0.461 e. The number of pyridine rings is 1. The SMILES string of the molecule is Cc1cccc(CCN2CCC3(CC2)CC(CN2CCC(O)CC2)OC3=O)n1. The molecule has 3 aliphatic rings. The molecule has 1 N–H and O–H groups in total. The topological polar surface area (TPSA) is 65.9 Å². The maximum absolute atomic E-state index is 12.7. The average molecular weight is 388 g/mol. The molecule has 1 aromatic rings. The van der Waals surface area contributed by atoms with Crippen LogP contribution in [0, 0.1) is 12.3 Å². The van der Waals surface area contributed by atoms with E-state index in [4.69, 9.17) is 4.74 Å². The smallest absolute Gasteiger partial charge is 0.312 e. The van der Waals surface area contributed by atoms with Gasteiger partial charge in [-0.2, -0.15) is 0 Å². The molecule has 1 aromatic heterocycles. The zero-order chi connectivity index (χ0) is 19.6. The summed E-state index contributed by atoms with van der Waals surface area (Å²) < 4.78 is 5.79. The number of cyclic esters (lactones) is 1. The highest BCUT2D eigenvalue weighted by Gasteiger charge is 2.50. The monoisotopic (exact) mass is 387 g/mol. The van der Waals surface area contributed by atoms with Gasteiger partial charge in [0.25, 0.3) is 0 Å². The molecule has 28 heavy (non-hydrogen) atoms. The molecule has 0 aromatic carbocycles. The molecule has 6 nitrogen and oxygen atoms in total. The molecule has 6 heteroatoms. The summed E-state index contributed by atoms with van der Waals surface area (Å²) in [6, 6.07) is 6.19. The Balaban J connectivity index is 1.24. The molecule has 3 fully saturated rings. The Bertz CT molecular complexity index is 679. The number of aromatic nitrogens is 1. The molecular weight excluding hydrogens is 354 g/mol. The summed E-state index contributed by atoms with van der Waals surface area (Å²) in [5.41, 5.74) is 1.95. The van der Waals surface area contributed by atoms with Crippen molar-refractivity contribution >= 4 is 5.97 Å². The molecule has 154 valence electrons. The van der Waals surface area contributed by atoms with Crippen LogP contribution in [0.25, 0.3) is 0 Å². The molecule has 0 saturated carbocycles. The summed E-state index contributed by atoms with van der Waals surface area (Å²) in [6.07, 6.45) is 5.15. The molecule has 4 heterocycles. The van der Waals surface area contributed by atoms with Crippen LogP contribution in [0.3, 0.4) is 0 Å². The van der Waals surface area contributed by atoms with E-state index in [2.05, 4.69) is 26.9 Å². The predicted octanol–water partition coefficient (Wildman–Crippen LogP) is 1.79. The number of ether oxygens (including phenoxy) is 1. The van der Waals surface area contributed by atoms with Crippen molar-refractivity contribution in [2.45, 2.75) is 57.7 Å². The number of carbonyl (C=O) groups excluding carboxylic acids is 1. The third-order valence-electron chi connectivity index (χ3n) is 6.79. The van der Waals surface area contributed by atoms with E-state index in [9.17, 15) is 9.90 Å². The Morgan fingerprint density at radius 1 is 1.18 bits per heavy atom. The van der Waals surface area contributed by atoms with E-state index in [0.717, 1.165) is 89.2 Å². The van der Waals surface area contributed by atoms with E-state index < -0.39 is 0 Å². The molecule has 0 bridgehead atoms. The third-order valence-corrected chi connectivity index (χ3v) is 6.79. The Morgan fingerprint density at radius 2 is 1.93 bits per heavy atom. The van der Waals surface area contributed by atoms with Gasteiger partial charge in [0, 0.05) is 50.4 Å². The second-order valence-electron chi connectivity index (χ2n) is 8.91. The first kappa shape index (κ1) is 19.8. The molecule has 1 unspecified atom stereocenters. The summed E-state index contributed by atoms with van der Waals surface area (Å²) in [5.74, 6) is 0.0227. The van der Waals surface area contributed by atoms with Crippen LogP contribution in [0.2, 0.25) is 0 Å². The van der Waals surface area contributed by atoms with Crippen molar-refractivity contribution in [1.82, 2.24) is 14.8 Å². The van der Waals surface area contributed by atoms with Gasteiger partial charge in [0.1, 0.15) is 6.10 Å². The van der Waals surface area contributed by atoms with Gasteiger partial charge < -0.3 is 14.7 Å². The summed E-state index contributed by atoms with van der Waals surface area (Å²) >= 11 is 0. The van der Waals surface area contributed by atoms with Gasteiger partial charge >= 0.3 is 5.97 Å². The minimum absolute atomic E-state index is 0.0192. The standard InChI is InChI=1S/C22H33N3O3/c1-17-3-2-4-18(23-17)5-10-24-13-8-22(9-14-24)15-20(28-21(22)27)16-25-11-6-19(26)7-12-25/h2-4,19-20,26H,5-16H2,1H3. The van der Waals surface area contributed by atoms with Crippen LogP contribution < -0.4 is 0 Å². The van der Waals surface area contributed by atoms with Crippen LogP contribution in [-0.2, 0) is 16.0 Å². The molecule has 3 saturated heterocycles. The summed E-state index contributed by atoms with van der Waals surface area (Å²) in [6.45, 7) is 7.59. The molecule has 1 spiro atoms. The second kappa shape index (κ2) is 8.47. The highest BCUT2D eigenvalue weighted by molar-refractivity contribution is 5.79. The number of aliphatic hydroxyl groups excluding tert-OH is 1. The van der Waals surface area contributed by atoms with Crippen LogP contribution in [0.1, 0.15) is 43.5 Å². The highest BCUT2D eigenvalue weighted by Crippen LogP contribution is 2.43. The molecule has 0 amide bonds. The highest BCUT2D eigenvalue weighted by atomic mass is 16.6. The fourth-order valence-electron chi connectivity index (χ4n) is 4.95. The van der Waals surface area contributed by atoms with Gasteiger partial charge in [0.05, 0.1) is 11.5 Å². The fourth-order valence-corrected chi connectivity index (χ4v) is 4.95. The Kier molecular flexibility index (Phi) is 5.99. The van der Waals surface area contributed by atoms with Gasteiger partial charge in [-0.25, -0.2) is 0 Å². The van der Waals surface area contributed by atoms with E-state index in [1.807, 2.05) is 13.0 Å². The van der Waals surface area contributed by atoms with Crippen molar-refractivity contribution in [3.05, 3.63) is 29.6 Å². The molecule has 0 aliphatic carbocycles. The summed E-state index contributed by atoms with van der Waals surface area (Å²) in [5, 5.41) is 9.66. The number of esters is 1. The molecule has 0 radical (unpaired) electrons. The number of nitrogens with zero attached hydrogens (tertiary/aromatic N) is 3. The molecular formula is C22H33N3O3. The number of aryl methyl sites for hydroxylation is 1. The third kappa shape index (κ3) is 4.56. The van der Waals surface area contributed by atoms with Gasteiger partial charge in [-0.05, 0) is 57.8 Å². The Hall–Kier alpha value is -1.50. The van der Waals surface area contributed by atoms with E-state index in [1.54, 1.807) is 0 Å². The van der Waals surface area contributed by atoms with Gasteiger partial charge in [-0.15, -0.1) is 0 Å². The summed E-state index contributed by atoms with van der Waals surface area (Å²) in [4.78, 5) is 22.1. The quantitative estimate of drug-likeness (QED) is 0.777. The zero-order valence-corrected chi connectivity index (χ0v) is 17.0. The lowest BCUT2D eigenvalue weighted by atomic mass is 9.76. The minimum atomic E-state index is -0.266. The minimum Gasteiger partial charge on any atom is -0.461 e. The maximum Gasteiger partial charge on any atom is 0.312 e. The fraction of sp³-hybridized carbons (Fsp3) is 0.727. The van der Waals surface area contributed by atoms with Gasteiger partial charge in [0.15, 0.2) is 0 Å². The molecule has 3 aliphatic heterocycles. The van der Waals surface area contributed by atoms with E-state index in [-0.39, 0.29) is 23.6 Å². The number of hydrogen-bond donors (Lipinski definition) is 1. The first-order valence-corrected chi connectivity index (χ1v) is 10.8.